The van der Waals surface area contributed by atoms with Crippen molar-refractivity contribution in [1.29, 1.82) is 0 Å². The zero-order valence-electron chi connectivity index (χ0n) is 18.7. The van der Waals surface area contributed by atoms with Crippen LogP contribution < -0.4 is 15.3 Å². The highest BCUT2D eigenvalue weighted by Crippen LogP contribution is 2.33. The summed E-state index contributed by atoms with van der Waals surface area (Å²) in [6.07, 6.45) is 2.71. The lowest BCUT2D eigenvalue weighted by Crippen LogP contribution is -2.28. The first-order valence-electron chi connectivity index (χ1n) is 10.2. The van der Waals surface area contributed by atoms with Crippen LogP contribution in [0.15, 0.2) is 70.8 Å². The summed E-state index contributed by atoms with van der Waals surface area (Å²) < 4.78 is 63.3. The van der Waals surface area contributed by atoms with Crippen LogP contribution in [0.1, 0.15) is 16.7 Å². The number of aryl methyl sites for hydroxylation is 2. The highest BCUT2D eigenvalue weighted by molar-refractivity contribution is 7.88. The van der Waals surface area contributed by atoms with Gasteiger partial charge in [-0.25, -0.2) is 0 Å². The molecule has 0 amide bonds. The molecule has 0 aliphatic rings. The van der Waals surface area contributed by atoms with E-state index in [2.05, 4.69) is 27.7 Å². The van der Waals surface area contributed by atoms with Gasteiger partial charge in [-0.05, 0) is 61.2 Å². The number of fused-ring (bicyclic) bond motifs is 2. The molecule has 35 heavy (non-hydrogen) atoms. The number of rotatable bonds is 4. The van der Waals surface area contributed by atoms with E-state index < -0.39 is 26.9 Å². The monoisotopic (exact) mass is 506 g/mol. The molecule has 2 aromatic heterocycles. The van der Waals surface area contributed by atoms with E-state index in [-0.39, 0.29) is 22.0 Å². The average molecular weight is 507 g/mol. The molecule has 4 rings (SSSR count). The van der Waals surface area contributed by atoms with Crippen LogP contribution in [0.25, 0.3) is 21.8 Å². The van der Waals surface area contributed by atoms with Gasteiger partial charge in [0.25, 0.3) is 0 Å². The maximum absolute atomic E-state index is 12.3. The van der Waals surface area contributed by atoms with Gasteiger partial charge in [0.15, 0.2) is 5.75 Å². The second-order valence-electron chi connectivity index (χ2n) is 7.62. The quantitative estimate of drug-likeness (QED) is 0.238. The third-order valence-electron chi connectivity index (χ3n) is 5.13. The standard InChI is InChI=1S/C13H13NO.C11H8F3NO4S/c1-3-4-10-9(2)5-7-12-11(10)6-8-13(15)14-12;1-6-2-4-8-7(3-5-9(16)15-8)10(6)19-20(17,18)11(12,13)14/h3,5-8H,1,4H2,2H3,(H,14,15);2-5H,1H3,(H,15,16). The van der Waals surface area contributed by atoms with Crippen molar-refractivity contribution in [1.82, 2.24) is 9.97 Å². The van der Waals surface area contributed by atoms with E-state index in [0.717, 1.165) is 23.4 Å². The van der Waals surface area contributed by atoms with Gasteiger partial charge < -0.3 is 14.2 Å². The summed E-state index contributed by atoms with van der Waals surface area (Å²) in [7, 11) is -5.77. The number of aromatic nitrogens is 2. The van der Waals surface area contributed by atoms with Gasteiger partial charge in [0.2, 0.25) is 11.1 Å². The van der Waals surface area contributed by atoms with Crippen molar-refractivity contribution in [3.05, 3.63) is 98.6 Å². The molecule has 0 unspecified atom stereocenters. The molecule has 0 fully saturated rings. The Morgan fingerprint density at radius 2 is 1.37 bits per heavy atom. The number of alkyl halides is 3. The largest absolute Gasteiger partial charge is 0.534 e. The van der Waals surface area contributed by atoms with Crippen LogP contribution in [-0.2, 0) is 16.5 Å². The molecule has 2 heterocycles. The van der Waals surface area contributed by atoms with E-state index in [1.807, 2.05) is 24.3 Å². The molecular weight excluding hydrogens is 485 g/mol. The second kappa shape index (κ2) is 9.79. The highest BCUT2D eigenvalue weighted by Gasteiger charge is 2.48. The van der Waals surface area contributed by atoms with E-state index in [9.17, 15) is 31.2 Å². The van der Waals surface area contributed by atoms with Crippen molar-refractivity contribution in [3.8, 4) is 5.75 Å². The number of hydrogen-bond acceptors (Lipinski definition) is 5. The van der Waals surface area contributed by atoms with Crippen LogP contribution in [0.3, 0.4) is 0 Å². The van der Waals surface area contributed by atoms with E-state index in [4.69, 9.17) is 0 Å². The third-order valence-corrected chi connectivity index (χ3v) is 6.08. The van der Waals surface area contributed by atoms with Crippen LogP contribution in [-0.4, -0.2) is 23.9 Å². The topological polar surface area (TPSA) is 109 Å². The Bertz CT molecular complexity index is 1640. The Morgan fingerprint density at radius 1 is 0.857 bits per heavy atom. The number of hydrogen-bond donors (Lipinski definition) is 2. The number of pyridine rings is 2. The molecule has 7 nitrogen and oxygen atoms in total. The maximum atomic E-state index is 12.3. The fourth-order valence-corrected chi connectivity index (χ4v) is 3.94. The molecule has 2 N–H and O–H groups in total. The minimum absolute atomic E-state index is 0.0593. The minimum atomic E-state index is -5.77. The predicted octanol–water partition coefficient (Wildman–Crippen LogP) is 4.63. The van der Waals surface area contributed by atoms with E-state index in [1.54, 1.807) is 6.07 Å². The Hall–Kier alpha value is -3.86. The van der Waals surface area contributed by atoms with Crippen LogP contribution in [0.4, 0.5) is 13.2 Å². The fraction of sp³-hybridized carbons (Fsp3) is 0.167. The lowest BCUT2D eigenvalue weighted by molar-refractivity contribution is -0.0499. The van der Waals surface area contributed by atoms with Crippen LogP contribution >= 0.6 is 0 Å². The number of H-pyrrole nitrogens is 2. The summed E-state index contributed by atoms with van der Waals surface area (Å²) in [6, 6.07) is 12.5. The third kappa shape index (κ3) is 5.62. The van der Waals surface area contributed by atoms with Gasteiger partial charge in [-0.1, -0.05) is 18.2 Å². The number of benzene rings is 2. The maximum Gasteiger partial charge on any atom is 0.534 e. The molecule has 184 valence electrons. The molecular formula is C24H21F3N2O5S. The molecule has 11 heteroatoms. The summed E-state index contributed by atoms with van der Waals surface area (Å²) in [6.45, 7) is 7.22. The Morgan fingerprint density at radius 3 is 1.91 bits per heavy atom. The molecule has 0 spiro atoms. The summed E-state index contributed by atoms with van der Waals surface area (Å²) in [4.78, 5) is 27.5. The van der Waals surface area contributed by atoms with E-state index in [1.165, 1.54) is 36.2 Å². The average Bonchev–Trinajstić information content (AvgIpc) is 2.77. The predicted molar refractivity (Wildman–Crippen MR) is 128 cm³/mol. The SMILES string of the molecule is C=CCc1c(C)ccc2[nH]c(=O)ccc12.Cc1ccc2[nH]c(=O)ccc2c1OS(=O)(=O)C(F)(F)F. The van der Waals surface area contributed by atoms with Gasteiger partial charge in [0.05, 0.1) is 5.52 Å². The molecule has 0 saturated heterocycles. The molecule has 0 saturated carbocycles. The summed E-state index contributed by atoms with van der Waals surface area (Å²) in [5.74, 6) is -0.462. The normalized spacial score (nSPS) is 11.7. The first-order valence-corrected chi connectivity index (χ1v) is 11.6. The van der Waals surface area contributed by atoms with Crippen molar-refractivity contribution >= 4 is 31.9 Å². The van der Waals surface area contributed by atoms with Gasteiger partial charge in [-0.15, -0.1) is 6.58 Å². The molecule has 0 aliphatic carbocycles. The fourth-order valence-electron chi connectivity index (χ4n) is 3.41. The number of halogens is 3. The Kier molecular flexibility index (Phi) is 7.20. The molecule has 0 atom stereocenters. The zero-order chi connectivity index (χ0) is 26.0. The smallest absolute Gasteiger partial charge is 0.375 e. The van der Waals surface area contributed by atoms with Gasteiger partial charge in [-0.3, -0.25) is 9.59 Å². The summed E-state index contributed by atoms with van der Waals surface area (Å²) in [5, 5.41) is 1.17. The Labute approximate surface area is 198 Å². The van der Waals surface area contributed by atoms with Crippen molar-refractivity contribution < 1.29 is 25.8 Å². The molecule has 4 aromatic rings. The van der Waals surface area contributed by atoms with Crippen LogP contribution in [0.5, 0.6) is 5.75 Å². The number of allylic oxidation sites excluding steroid dienone is 1. The van der Waals surface area contributed by atoms with Gasteiger partial charge in [0, 0.05) is 28.4 Å². The lowest BCUT2D eigenvalue weighted by atomic mass is 10.0. The first kappa shape index (κ1) is 25.8. The van der Waals surface area contributed by atoms with Gasteiger partial charge >= 0.3 is 15.6 Å². The van der Waals surface area contributed by atoms with E-state index in [0.29, 0.717) is 0 Å². The lowest BCUT2D eigenvalue weighted by Gasteiger charge is -2.13. The van der Waals surface area contributed by atoms with Gasteiger partial charge in [0.1, 0.15) is 0 Å². The van der Waals surface area contributed by atoms with Crippen molar-refractivity contribution in [3.63, 3.8) is 0 Å². The molecule has 0 bridgehead atoms. The van der Waals surface area contributed by atoms with Crippen LogP contribution in [0.2, 0.25) is 0 Å². The molecule has 0 aliphatic heterocycles. The minimum Gasteiger partial charge on any atom is -0.375 e. The number of nitrogens with one attached hydrogen (secondary N) is 2. The number of aromatic amines is 2. The first-order chi connectivity index (χ1) is 16.3. The van der Waals surface area contributed by atoms with Crippen molar-refractivity contribution in [2.75, 3.05) is 0 Å². The molecule has 0 radical (unpaired) electrons. The van der Waals surface area contributed by atoms with Crippen molar-refractivity contribution in [2.24, 2.45) is 0 Å². The summed E-state index contributed by atoms with van der Waals surface area (Å²) >= 11 is 0. The van der Waals surface area contributed by atoms with Crippen molar-refractivity contribution in [2.45, 2.75) is 25.8 Å². The molecule has 2 aromatic carbocycles. The van der Waals surface area contributed by atoms with Crippen LogP contribution in [0, 0.1) is 13.8 Å². The zero-order valence-corrected chi connectivity index (χ0v) is 19.5. The van der Waals surface area contributed by atoms with Gasteiger partial charge in [-0.2, -0.15) is 21.6 Å². The Balaban J connectivity index is 0.000000203. The second-order valence-corrected chi connectivity index (χ2v) is 9.15. The summed E-state index contributed by atoms with van der Waals surface area (Å²) in [5.41, 5.74) is -2.32. The van der Waals surface area contributed by atoms with E-state index >= 15 is 0 Å². The highest BCUT2D eigenvalue weighted by atomic mass is 32.2.